The summed E-state index contributed by atoms with van der Waals surface area (Å²) in [5.41, 5.74) is -0.255. The number of hydrogen-bond donors (Lipinski definition) is 4. The van der Waals surface area contributed by atoms with Crippen molar-refractivity contribution in [3.05, 3.63) is 52.8 Å². The highest BCUT2D eigenvalue weighted by atomic mass is 35.5. The van der Waals surface area contributed by atoms with E-state index < -0.39 is 17.4 Å². The molecule has 1 atom stereocenters. The van der Waals surface area contributed by atoms with Crippen LogP contribution in [0.5, 0.6) is 5.75 Å². The Kier molecular flexibility index (Phi) is 6.13. The first kappa shape index (κ1) is 20.1. The van der Waals surface area contributed by atoms with Gasteiger partial charge in [-0.3, -0.25) is 9.59 Å². The van der Waals surface area contributed by atoms with Crippen molar-refractivity contribution in [2.45, 2.75) is 18.4 Å². The molecule has 1 aliphatic heterocycles. The second kappa shape index (κ2) is 8.55. The zero-order valence-corrected chi connectivity index (χ0v) is 15.7. The Bertz CT molecular complexity index is 884. The van der Waals surface area contributed by atoms with Crippen LogP contribution in [0.25, 0.3) is 0 Å². The monoisotopic (exact) mass is 405 g/mol. The van der Waals surface area contributed by atoms with Crippen molar-refractivity contribution in [3.63, 3.8) is 0 Å². The molecule has 1 aromatic carbocycles. The highest BCUT2D eigenvalue weighted by Crippen LogP contribution is 2.23. The van der Waals surface area contributed by atoms with Gasteiger partial charge in [-0.15, -0.1) is 0 Å². The third-order valence-corrected chi connectivity index (χ3v) is 4.71. The van der Waals surface area contributed by atoms with E-state index in [1.54, 1.807) is 12.1 Å². The minimum Gasteiger partial charge on any atom is -0.508 e. The molecule has 28 heavy (non-hydrogen) atoms. The van der Waals surface area contributed by atoms with Gasteiger partial charge in [0.05, 0.1) is 30.9 Å². The van der Waals surface area contributed by atoms with Crippen LogP contribution in [0.2, 0.25) is 5.02 Å². The van der Waals surface area contributed by atoms with Crippen molar-refractivity contribution >= 4 is 29.1 Å². The molecule has 0 aliphatic carbocycles. The first-order chi connectivity index (χ1) is 13.4. The summed E-state index contributed by atoms with van der Waals surface area (Å²) in [5.74, 6) is -1.02. The van der Waals surface area contributed by atoms with Gasteiger partial charge in [-0.05, 0) is 36.8 Å². The van der Waals surface area contributed by atoms with E-state index in [1.807, 2.05) is 0 Å². The number of phenols is 1. The molecule has 0 radical (unpaired) electrons. The summed E-state index contributed by atoms with van der Waals surface area (Å²) in [6, 6.07) is 7.56. The van der Waals surface area contributed by atoms with Gasteiger partial charge in [-0.25, -0.2) is 4.98 Å². The molecule has 8 nitrogen and oxygen atoms in total. The molecule has 0 saturated carbocycles. The molecule has 1 aromatic heterocycles. The summed E-state index contributed by atoms with van der Waals surface area (Å²) in [5, 5.41) is 25.3. The zero-order chi connectivity index (χ0) is 20.1. The maximum atomic E-state index is 12.7. The predicted molar refractivity (Wildman–Crippen MR) is 102 cm³/mol. The quantitative estimate of drug-likeness (QED) is 0.578. The van der Waals surface area contributed by atoms with E-state index in [9.17, 15) is 19.8 Å². The smallest absolute Gasteiger partial charge is 0.272 e. The highest BCUT2D eigenvalue weighted by Gasteiger charge is 2.36. The molecule has 0 bridgehead atoms. The van der Waals surface area contributed by atoms with Crippen LogP contribution in [-0.4, -0.2) is 52.4 Å². The van der Waals surface area contributed by atoms with Gasteiger partial charge < -0.3 is 25.6 Å². The average Bonchev–Trinajstić information content (AvgIpc) is 3.14. The van der Waals surface area contributed by atoms with E-state index in [4.69, 9.17) is 16.3 Å². The molecule has 1 fully saturated rings. The lowest BCUT2D eigenvalue weighted by atomic mass is 10.00. The summed E-state index contributed by atoms with van der Waals surface area (Å²) < 4.78 is 5.27. The van der Waals surface area contributed by atoms with Crippen LogP contribution in [0.15, 0.2) is 36.5 Å². The van der Waals surface area contributed by atoms with E-state index >= 15 is 0 Å². The zero-order valence-electron chi connectivity index (χ0n) is 14.9. The number of carbonyl (C=O) groups is 2. The Hall–Kier alpha value is -2.68. The van der Waals surface area contributed by atoms with Gasteiger partial charge in [-0.2, -0.15) is 0 Å². The molecule has 2 heterocycles. The number of anilines is 1. The average molecular weight is 406 g/mol. The first-order valence-electron chi connectivity index (χ1n) is 8.66. The van der Waals surface area contributed by atoms with Gasteiger partial charge in [0, 0.05) is 23.4 Å². The SMILES string of the molecule is O=C(Cc1cc(Cl)ccc1O)Nc1cccnc1C(=O)N[C@@]1(CO)CCOC1. The number of amides is 2. The molecule has 4 N–H and O–H groups in total. The molecule has 1 aliphatic rings. The van der Waals surface area contributed by atoms with Gasteiger partial charge in [0.1, 0.15) is 5.75 Å². The van der Waals surface area contributed by atoms with Crippen LogP contribution in [-0.2, 0) is 16.0 Å². The summed E-state index contributed by atoms with van der Waals surface area (Å²) in [6.45, 7) is 0.384. The molecule has 2 amide bonds. The van der Waals surface area contributed by atoms with Gasteiger partial charge >= 0.3 is 0 Å². The number of aromatic nitrogens is 1. The molecule has 9 heteroatoms. The number of rotatable bonds is 6. The van der Waals surface area contributed by atoms with Crippen molar-refractivity contribution in [1.82, 2.24) is 10.3 Å². The van der Waals surface area contributed by atoms with Crippen LogP contribution >= 0.6 is 11.6 Å². The highest BCUT2D eigenvalue weighted by molar-refractivity contribution is 6.30. The van der Waals surface area contributed by atoms with E-state index in [2.05, 4.69) is 15.6 Å². The number of ether oxygens (including phenoxy) is 1. The van der Waals surface area contributed by atoms with E-state index in [0.717, 1.165) is 0 Å². The minimum atomic E-state index is -0.859. The Morgan fingerprint density at radius 2 is 2.14 bits per heavy atom. The fraction of sp³-hybridized carbons (Fsp3) is 0.316. The predicted octanol–water partition coefficient (Wildman–Crippen LogP) is 1.50. The normalized spacial score (nSPS) is 18.6. The van der Waals surface area contributed by atoms with Crippen LogP contribution in [0.4, 0.5) is 5.69 Å². The summed E-state index contributed by atoms with van der Waals surface area (Å²) >= 11 is 5.90. The number of nitrogens with zero attached hydrogens (tertiary/aromatic N) is 1. The van der Waals surface area contributed by atoms with Crippen LogP contribution < -0.4 is 10.6 Å². The number of carbonyl (C=O) groups excluding carboxylic acids is 2. The van der Waals surface area contributed by atoms with Gasteiger partial charge in [-0.1, -0.05) is 11.6 Å². The number of hydrogen-bond acceptors (Lipinski definition) is 6. The second-order valence-electron chi connectivity index (χ2n) is 6.59. The Morgan fingerprint density at radius 3 is 2.86 bits per heavy atom. The molecule has 2 aromatic rings. The lowest BCUT2D eigenvalue weighted by Crippen LogP contribution is -2.52. The van der Waals surface area contributed by atoms with Gasteiger partial charge in [0.25, 0.3) is 5.91 Å². The molecular formula is C19H20ClN3O5. The van der Waals surface area contributed by atoms with Crippen LogP contribution in [0, 0.1) is 0 Å². The lowest BCUT2D eigenvalue weighted by Gasteiger charge is -2.26. The third kappa shape index (κ3) is 4.59. The fourth-order valence-corrected chi connectivity index (χ4v) is 3.11. The van der Waals surface area contributed by atoms with Crippen molar-refractivity contribution in [2.75, 3.05) is 25.1 Å². The second-order valence-corrected chi connectivity index (χ2v) is 7.03. The van der Waals surface area contributed by atoms with Crippen molar-refractivity contribution in [2.24, 2.45) is 0 Å². The van der Waals surface area contributed by atoms with Crippen molar-refractivity contribution in [1.29, 1.82) is 0 Å². The molecule has 0 spiro atoms. The Labute approximate surface area is 166 Å². The van der Waals surface area contributed by atoms with Crippen molar-refractivity contribution < 1.29 is 24.5 Å². The molecule has 1 saturated heterocycles. The number of aromatic hydroxyl groups is 1. The van der Waals surface area contributed by atoms with Crippen LogP contribution in [0.3, 0.4) is 0 Å². The number of aliphatic hydroxyl groups is 1. The standard InChI is InChI=1S/C19H20ClN3O5/c20-13-3-4-15(25)12(8-13)9-16(26)22-14-2-1-6-21-17(14)18(27)23-19(10-24)5-7-28-11-19/h1-4,6,8,24-25H,5,7,9-11H2,(H,22,26)(H,23,27)/t19-/m1/s1. The minimum absolute atomic E-state index is 0.0193. The fourth-order valence-electron chi connectivity index (χ4n) is 2.92. The lowest BCUT2D eigenvalue weighted by molar-refractivity contribution is -0.115. The number of aliphatic hydroxyl groups excluding tert-OH is 1. The number of nitrogens with one attached hydrogen (secondary N) is 2. The summed E-state index contributed by atoms with van der Waals surface area (Å²) in [7, 11) is 0. The molecule has 3 rings (SSSR count). The maximum absolute atomic E-state index is 12.7. The number of halogens is 1. The Morgan fingerprint density at radius 1 is 1.32 bits per heavy atom. The number of pyridine rings is 1. The van der Waals surface area contributed by atoms with E-state index in [0.29, 0.717) is 23.6 Å². The number of phenolic OH excluding ortho intramolecular Hbond substituents is 1. The largest absolute Gasteiger partial charge is 0.508 e. The summed E-state index contributed by atoms with van der Waals surface area (Å²) in [4.78, 5) is 29.1. The third-order valence-electron chi connectivity index (χ3n) is 4.47. The molecular weight excluding hydrogens is 386 g/mol. The first-order valence-corrected chi connectivity index (χ1v) is 9.04. The van der Waals surface area contributed by atoms with Gasteiger partial charge in [0.2, 0.25) is 5.91 Å². The molecule has 148 valence electrons. The van der Waals surface area contributed by atoms with Crippen LogP contribution in [0.1, 0.15) is 22.5 Å². The van der Waals surface area contributed by atoms with Crippen molar-refractivity contribution in [3.8, 4) is 5.75 Å². The number of benzene rings is 1. The van der Waals surface area contributed by atoms with E-state index in [1.165, 1.54) is 24.4 Å². The topological polar surface area (TPSA) is 121 Å². The van der Waals surface area contributed by atoms with Gasteiger partial charge in [0.15, 0.2) is 5.69 Å². The Balaban J connectivity index is 1.73. The maximum Gasteiger partial charge on any atom is 0.272 e. The summed E-state index contributed by atoms with van der Waals surface area (Å²) in [6.07, 6.45) is 1.79. The van der Waals surface area contributed by atoms with E-state index in [-0.39, 0.29) is 36.8 Å². The molecule has 0 unspecified atom stereocenters.